The Morgan fingerprint density at radius 2 is 1.85 bits per heavy atom. The largest absolute Gasteiger partial charge is 0.339 e. The maximum Gasteiger partial charge on any atom is 0.258 e. The Balaban J connectivity index is 1.78. The summed E-state index contributed by atoms with van der Waals surface area (Å²) in [5, 5.41) is 6.01. The molecule has 2 aromatic carbocycles. The summed E-state index contributed by atoms with van der Waals surface area (Å²) in [6.45, 7) is 3.64. The van der Waals surface area contributed by atoms with Crippen LogP contribution in [0.4, 0.5) is 10.1 Å². The van der Waals surface area contributed by atoms with E-state index in [1.807, 2.05) is 14.0 Å². The fourth-order valence-electron chi connectivity index (χ4n) is 3.29. The highest BCUT2D eigenvalue weighted by atomic mass is 19.1. The summed E-state index contributed by atoms with van der Waals surface area (Å²) in [5.41, 5.74) is 1.79. The summed E-state index contributed by atoms with van der Waals surface area (Å²) in [4.78, 5) is 27.0. The fourth-order valence-corrected chi connectivity index (χ4v) is 3.29. The van der Waals surface area contributed by atoms with E-state index in [2.05, 4.69) is 10.6 Å². The van der Waals surface area contributed by atoms with E-state index in [9.17, 15) is 14.0 Å². The van der Waals surface area contributed by atoms with Gasteiger partial charge in [0.15, 0.2) is 0 Å². The second-order valence-electron chi connectivity index (χ2n) is 6.86. The molecule has 2 aromatic rings. The number of halogens is 1. The molecule has 0 aromatic heterocycles. The van der Waals surface area contributed by atoms with Gasteiger partial charge in [0.05, 0.1) is 5.56 Å². The van der Waals surface area contributed by atoms with Crippen LogP contribution >= 0.6 is 0 Å². The molecule has 0 aliphatic carbocycles. The van der Waals surface area contributed by atoms with Crippen molar-refractivity contribution in [1.29, 1.82) is 0 Å². The lowest BCUT2D eigenvalue weighted by atomic mass is 10.0. The summed E-state index contributed by atoms with van der Waals surface area (Å²) in [5.74, 6) is -1.19. The summed E-state index contributed by atoms with van der Waals surface area (Å²) >= 11 is 0. The van der Waals surface area contributed by atoms with Gasteiger partial charge in [-0.1, -0.05) is 18.2 Å². The molecule has 1 fully saturated rings. The lowest BCUT2D eigenvalue weighted by Crippen LogP contribution is -2.44. The molecule has 5 nitrogen and oxygen atoms in total. The zero-order valence-electron chi connectivity index (χ0n) is 15.6. The number of benzene rings is 2. The lowest BCUT2D eigenvalue weighted by molar-refractivity contribution is 0.0703. The van der Waals surface area contributed by atoms with Crippen LogP contribution in [-0.4, -0.2) is 42.9 Å². The van der Waals surface area contributed by atoms with Crippen LogP contribution in [0.15, 0.2) is 42.5 Å². The van der Waals surface area contributed by atoms with Gasteiger partial charge in [0.25, 0.3) is 11.8 Å². The van der Waals surface area contributed by atoms with E-state index in [-0.39, 0.29) is 17.5 Å². The first kappa shape index (κ1) is 19.0. The highest BCUT2D eigenvalue weighted by molar-refractivity contribution is 6.05. The first-order valence-corrected chi connectivity index (χ1v) is 9.12. The van der Waals surface area contributed by atoms with Crippen molar-refractivity contribution in [3.8, 4) is 0 Å². The first-order chi connectivity index (χ1) is 13.0. The van der Waals surface area contributed by atoms with Crippen LogP contribution in [0.2, 0.25) is 0 Å². The molecular weight excluding hydrogens is 345 g/mol. The van der Waals surface area contributed by atoms with Gasteiger partial charge in [-0.2, -0.15) is 0 Å². The zero-order chi connectivity index (χ0) is 19.4. The van der Waals surface area contributed by atoms with E-state index in [0.717, 1.165) is 31.5 Å². The van der Waals surface area contributed by atoms with Crippen molar-refractivity contribution in [3.05, 3.63) is 65.0 Å². The van der Waals surface area contributed by atoms with Crippen LogP contribution in [-0.2, 0) is 0 Å². The van der Waals surface area contributed by atoms with Gasteiger partial charge in [0, 0.05) is 24.3 Å². The minimum atomic E-state index is -0.578. The average molecular weight is 369 g/mol. The van der Waals surface area contributed by atoms with Crippen LogP contribution in [0.25, 0.3) is 0 Å². The SMILES string of the molecule is Cc1ccc(C(=O)N(C)C2CCNCC2)cc1NC(=O)c1ccccc1F. The summed E-state index contributed by atoms with van der Waals surface area (Å²) in [6.07, 6.45) is 1.84. The molecule has 1 heterocycles. The smallest absolute Gasteiger partial charge is 0.258 e. The molecule has 142 valence electrons. The number of hydrogen-bond donors (Lipinski definition) is 2. The van der Waals surface area contributed by atoms with E-state index in [0.29, 0.717) is 11.3 Å². The number of carbonyl (C=O) groups is 2. The van der Waals surface area contributed by atoms with Gasteiger partial charge in [-0.25, -0.2) is 4.39 Å². The predicted molar refractivity (Wildman–Crippen MR) is 104 cm³/mol. The van der Waals surface area contributed by atoms with Gasteiger partial charge in [-0.15, -0.1) is 0 Å². The molecule has 2 amide bonds. The Morgan fingerprint density at radius 3 is 2.56 bits per heavy atom. The minimum Gasteiger partial charge on any atom is -0.339 e. The number of piperidine rings is 1. The van der Waals surface area contributed by atoms with Gasteiger partial charge in [-0.05, 0) is 62.7 Å². The third-order valence-electron chi connectivity index (χ3n) is 5.03. The van der Waals surface area contributed by atoms with Crippen LogP contribution in [0, 0.1) is 12.7 Å². The molecule has 1 aliphatic heterocycles. The van der Waals surface area contributed by atoms with Gasteiger partial charge in [0.1, 0.15) is 5.82 Å². The molecule has 27 heavy (non-hydrogen) atoms. The van der Waals surface area contributed by atoms with Crippen LogP contribution in [0.5, 0.6) is 0 Å². The second kappa shape index (κ2) is 8.31. The van der Waals surface area contributed by atoms with Crippen LogP contribution in [0.3, 0.4) is 0 Å². The molecule has 0 unspecified atom stereocenters. The number of aryl methyl sites for hydroxylation is 1. The van der Waals surface area contributed by atoms with Crippen molar-refractivity contribution >= 4 is 17.5 Å². The Labute approximate surface area is 158 Å². The standard InChI is InChI=1S/C21H24FN3O2/c1-14-7-8-15(21(27)25(2)16-9-11-23-12-10-16)13-19(14)24-20(26)17-5-3-4-6-18(17)22/h3-8,13,16,23H,9-12H2,1-2H3,(H,24,26). The van der Waals surface area contributed by atoms with E-state index in [1.54, 1.807) is 29.2 Å². The lowest BCUT2D eigenvalue weighted by Gasteiger charge is -2.31. The van der Waals surface area contributed by atoms with Crippen LogP contribution in [0.1, 0.15) is 39.1 Å². The Morgan fingerprint density at radius 1 is 1.15 bits per heavy atom. The van der Waals surface area contributed by atoms with E-state index >= 15 is 0 Å². The predicted octanol–water partition coefficient (Wildman–Crippen LogP) is 3.21. The Hall–Kier alpha value is -2.73. The molecule has 6 heteroatoms. The highest BCUT2D eigenvalue weighted by Crippen LogP contribution is 2.21. The molecule has 3 rings (SSSR count). The quantitative estimate of drug-likeness (QED) is 0.870. The summed E-state index contributed by atoms with van der Waals surface area (Å²) in [7, 11) is 1.82. The van der Waals surface area contributed by atoms with Gasteiger partial charge in [0.2, 0.25) is 0 Å². The summed E-state index contributed by atoms with van der Waals surface area (Å²) < 4.78 is 13.8. The van der Waals surface area contributed by atoms with Gasteiger partial charge >= 0.3 is 0 Å². The van der Waals surface area contributed by atoms with Crippen molar-refractivity contribution in [3.63, 3.8) is 0 Å². The van der Waals surface area contributed by atoms with E-state index in [4.69, 9.17) is 0 Å². The van der Waals surface area contributed by atoms with E-state index in [1.165, 1.54) is 18.2 Å². The topological polar surface area (TPSA) is 61.4 Å². The van der Waals surface area contributed by atoms with Gasteiger partial charge in [-0.3, -0.25) is 9.59 Å². The number of rotatable bonds is 4. The number of nitrogens with zero attached hydrogens (tertiary/aromatic N) is 1. The molecule has 0 atom stereocenters. The minimum absolute atomic E-state index is 0.0274. The normalized spacial score (nSPS) is 14.6. The van der Waals surface area contributed by atoms with Crippen molar-refractivity contribution in [2.24, 2.45) is 0 Å². The molecule has 0 bridgehead atoms. The summed E-state index contributed by atoms with van der Waals surface area (Å²) in [6, 6.07) is 11.2. The Kier molecular flexibility index (Phi) is 5.86. The van der Waals surface area contributed by atoms with Gasteiger partial charge < -0.3 is 15.5 Å². The van der Waals surface area contributed by atoms with Crippen molar-refractivity contribution in [2.75, 3.05) is 25.5 Å². The number of carbonyl (C=O) groups excluding carboxylic acids is 2. The maximum absolute atomic E-state index is 13.8. The average Bonchev–Trinajstić information content (AvgIpc) is 2.69. The molecule has 1 saturated heterocycles. The first-order valence-electron chi connectivity index (χ1n) is 9.12. The Bertz CT molecular complexity index is 847. The van der Waals surface area contributed by atoms with Crippen molar-refractivity contribution in [1.82, 2.24) is 10.2 Å². The van der Waals surface area contributed by atoms with Crippen molar-refractivity contribution in [2.45, 2.75) is 25.8 Å². The molecule has 2 N–H and O–H groups in total. The maximum atomic E-state index is 13.8. The molecule has 0 spiro atoms. The molecule has 1 aliphatic rings. The second-order valence-corrected chi connectivity index (χ2v) is 6.86. The van der Waals surface area contributed by atoms with Crippen LogP contribution < -0.4 is 10.6 Å². The number of nitrogens with one attached hydrogen (secondary N) is 2. The number of amides is 2. The highest BCUT2D eigenvalue weighted by Gasteiger charge is 2.23. The third kappa shape index (κ3) is 4.34. The fraction of sp³-hybridized carbons (Fsp3) is 0.333. The van der Waals surface area contributed by atoms with E-state index < -0.39 is 11.7 Å². The number of anilines is 1. The zero-order valence-corrected chi connectivity index (χ0v) is 15.6. The van der Waals surface area contributed by atoms with Crippen molar-refractivity contribution < 1.29 is 14.0 Å². The monoisotopic (exact) mass is 369 g/mol. The third-order valence-corrected chi connectivity index (χ3v) is 5.03. The number of hydrogen-bond acceptors (Lipinski definition) is 3. The molecular formula is C21H24FN3O2. The molecule has 0 saturated carbocycles. The molecule has 0 radical (unpaired) electrons.